The van der Waals surface area contributed by atoms with Crippen LogP contribution in [-0.2, 0) is 0 Å². The normalized spacial score (nSPS) is 20.9. The van der Waals surface area contributed by atoms with Gasteiger partial charge in [-0.05, 0) is 44.7 Å². The molecule has 4 rings (SSSR count). The maximum Gasteiger partial charge on any atom is 0.255 e. The quantitative estimate of drug-likeness (QED) is 0.938. The number of aromatic nitrogens is 3. The van der Waals surface area contributed by atoms with E-state index in [-0.39, 0.29) is 5.91 Å². The molecule has 6 heteroatoms. The molecular formula is C18H23N5O. The van der Waals surface area contributed by atoms with Gasteiger partial charge >= 0.3 is 0 Å². The third kappa shape index (κ3) is 3.13. The van der Waals surface area contributed by atoms with Gasteiger partial charge in [-0.25, -0.2) is 9.97 Å². The zero-order valence-electron chi connectivity index (χ0n) is 14.0. The van der Waals surface area contributed by atoms with Crippen LogP contribution in [0.1, 0.15) is 47.9 Å². The highest BCUT2D eigenvalue weighted by Gasteiger charge is 2.26. The Hall–Kier alpha value is -2.37. The van der Waals surface area contributed by atoms with Gasteiger partial charge in [0.15, 0.2) is 0 Å². The van der Waals surface area contributed by atoms with Crippen molar-refractivity contribution in [2.75, 3.05) is 18.4 Å². The maximum absolute atomic E-state index is 12.8. The summed E-state index contributed by atoms with van der Waals surface area (Å²) >= 11 is 0. The minimum atomic E-state index is 0.0722. The van der Waals surface area contributed by atoms with E-state index in [1.807, 2.05) is 36.4 Å². The van der Waals surface area contributed by atoms with Gasteiger partial charge in [-0.3, -0.25) is 4.79 Å². The van der Waals surface area contributed by atoms with Crippen molar-refractivity contribution in [1.29, 1.82) is 0 Å². The average molecular weight is 325 g/mol. The molecule has 24 heavy (non-hydrogen) atoms. The van der Waals surface area contributed by atoms with Crippen molar-refractivity contribution < 1.29 is 4.79 Å². The molecule has 1 amide bonds. The minimum Gasteiger partial charge on any atom is -0.367 e. The van der Waals surface area contributed by atoms with Gasteiger partial charge in [0.05, 0.1) is 11.6 Å². The van der Waals surface area contributed by atoms with E-state index in [4.69, 9.17) is 0 Å². The summed E-state index contributed by atoms with van der Waals surface area (Å²) < 4.78 is 2.18. The Balaban J connectivity index is 1.44. The highest BCUT2D eigenvalue weighted by molar-refractivity contribution is 5.94. The van der Waals surface area contributed by atoms with Gasteiger partial charge in [-0.1, -0.05) is 0 Å². The fraction of sp³-hybridized carbons (Fsp3) is 0.500. The molecule has 2 aliphatic rings. The number of nitrogens with zero attached hydrogens (tertiary/aromatic N) is 4. The third-order valence-electron chi connectivity index (χ3n) is 4.88. The summed E-state index contributed by atoms with van der Waals surface area (Å²) in [5.74, 6) is 1.94. The molecule has 1 saturated carbocycles. The van der Waals surface area contributed by atoms with E-state index < -0.39 is 0 Å². The number of pyridine rings is 1. The second-order valence-corrected chi connectivity index (χ2v) is 6.78. The SMILES string of the molecule is Cc1nccn1C1CCCN(C(=O)c2ccc(NC3CC3)nc2)C1. The van der Waals surface area contributed by atoms with Crippen LogP contribution in [0.3, 0.4) is 0 Å². The van der Waals surface area contributed by atoms with Gasteiger partial charge in [0, 0.05) is 37.7 Å². The van der Waals surface area contributed by atoms with E-state index >= 15 is 0 Å². The first-order valence-electron chi connectivity index (χ1n) is 8.72. The number of amides is 1. The van der Waals surface area contributed by atoms with E-state index in [1.165, 1.54) is 12.8 Å². The first-order valence-corrected chi connectivity index (χ1v) is 8.72. The first kappa shape index (κ1) is 15.2. The second kappa shape index (κ2) is 6.26. The van der Waals surface area contributed by atoms with Crippen molar-refractivity contribution >= 4 is 11.7 Å². The van der Waals surface area contributed by atoms with E-state index in [1.54, 1.807) is 6.20 Å². The first-order chi connectivity index (χ1) is 11.7. The second-order valence-electron chi connectivity index (χ2n) is 6.78. The molecule has 1 aliphatic carbocycles. The highest BCUT2D eigenvalue weighted by atomic mass is 16.2. The monoisotopic (exact) mass is 325 g/mol. The standard InChI is InChI=1S/C18H23N5O/c1-13-19-8-10-23(13)16-3-2-9-22(12-16)18(24)14-4-7-17(20-11-14)21-15-5-6-15/h4,7-8,10-11,15-16H,2-3,5-6,9,12H2,1H3,(H,20,21). The number of likely N-dealkylation sites (tertiary alicyclic amines) is 1. The molecule has 2 aromatic heterocycles. The number of piperidine rings is 1. The summed E-state index contributed by atoms with van der Waals surface area (Å²) in [7, 11) is 0. The molecule has 2 fully saturated rings. The molecule has 6 nitrogen and oxygen atoms in total. The number of carbonyl (C=O) groups is 1. The number of hydrogen-bond acceptors (Lipinski definition) is 4. The molecule has 1 unspecified atom stereocenters. The lowest BCUT2D eigenvalue weighted by atomic mass is 10.0. The average Bonchev–Trinajstić information content (AvgIpc) is 3.33. The van der Waals surface area contributed by atoms with Crippen LogP contribution in [0, 0.1) is 6.92 Å². The predicted molar refractivity (Wildman–Crippen MR) is 92.0 cm³/mol. The lowest BCUT2D eigenvalue weighted by molar-refractivity contribution is 0.0678. The van der Waals surface area contributed by atoms with Crippen molar-refractivity contribution in [2.24, 2.45) is 0 Å². The molecule has 1 aliphatic heterocycles. The Morgan fingerprint density at radius 3 is 2.79 bits per heavy atom. The summed E-state index contributed by atoms with van der Waals surface area (Å²) in [6.07, 6.45) is 10.1. The lowest BCUT2D eigenvalue weighted by Crippen LogP contribution is -2.40. The molecule has 0 spiro atoms. The Morgan fingerprint density at radius 2 is 2.12 bits per heavy atom. The maximum atomic E-state index is 12.8. The van der Waals surface area contributed by atoms with Crippen LogP contribution in [0.5, 0.6) is 0 Å². The predicted octanol–water partition coefficient (Wildman–Crippen LogP) is 2.64. The number of imidazole rings is 1. The van der Waals surface area contributed by atoms with E-state index in [2.05, 4.69) is 19.9 Å². The number of rotatable bonds is 4. The van der Waals surface area contributed by atoms with Gasteiger partial charge in [-0.2, -0.15) is 0 Å². The zero-order chi connectivity index (χ0) is 16.5. The van der Waals surface area contributed by atoms with Gasteiger partial charge < -0.3 is 14.8 Å². The van der Waals surface area contributed by atoms with E-state index in [9.17, 15) is 4.79 Å². The van der Waals surface area contributed by atoms with Crippen LogP contribution in [0.4, 0.5) is 5.82 Å². The minimum absolute atomic E-state index is 0.0722. The number of hydrogen-bond donors (Lipinski definition) is 1. The van der Waals surface area contributed by atoms with Crippen molar-refractivity contribution in [3.05, 3.63) is 42.1 Å². The van der Waals surface area contributed by atoms with Crippen molar-refractivity contribution in [3.8, 4) is 0 Å². The number of aryl methyl sites for hydroxylation is 1. The Kier molecular flexibility index (Phi) is 3.96. The van der Waals surface area contributed by atoms with Crippen LogP contribution in [0.2, 0.25) is 0 Å². The topological polar surface area (TPSA) is 63.1 Å². The Labute approximate surface area is 141 Å². The van der Waals surface area contributed by atoms with Gasteiger partial charge in [-0.15, -0.1) is 0 Å². The zero-order valence-corrected chi connectivity index (χ0v) is 14.0. The van der Waals surface area contributed by atoms with Gasteiger partial charge in [0.1, 0.15) is 11.6 Å². The van der Waals surface area contributed by atoms with E-state index in [0.29, 0.717) is 17.6 Å². The summed E-state index contributed by atoms with van der Waals surface area (Å²) in [5.41, 5.74) is 0.666. The summed E-state index contributed by atoms with van der Waals surface area (Å²) in [6, 6.07) is 4.67. The molecule has 0 aromatic carbocycles. The van der Waals surface area contributed by atoms with Gasteiger partial charge in [0.2, 0.25) is 0 Å². The van der Waals surface area contributed by atoms with Crippen molar-refractivity contribution in [2.45, 2.75) is 44.7 Å². The number of anilines is 1. The molecule has 0 bridgehead atoms. The van der Waals surface area contributed by atoms with Gasteiger partial charge in [0.25, 0.3) is 5.91 Å². The summed E-state index contributed by atoms with van der Waals surface area (Å²) in [4.78, 5) is 23.4. The lowest BCUT2D eigenvalue weighted by Gasteiger charge is -2.34. The smallest absolute Gasteiger partial charge is 0.255 e. The van der Waals surface area contributed by atoms with Crippen LogP contribution in [0.15, 0.2) is 30.7 Å². The van der Waals surface area contributed by atoms with Crippen LogP contribution < -0.4 is 5.32 Å². The molecule has 2 aromatic rings. The Morgan fingerprint density at radius 1 is 1.25 bits per heavy atom. The third-order valence-corrected chi connectivity index (χ3v) is 4.88. The fourth-order valence-electron chi connectivity index (χ4n) is 3.36. The van der Waals surface area contributed by atoms with Crippen molar-refractivity contribution in [3.63, 3.8) is 0 Å². The number of nitrogens with one attached hydrogen (secondary N) is 1. The largest absolute Gasteiger partial charge is 0.367 e. The van der Waals surface area contributed by atoms with E-state index in [0.717, 1.165) is 37.6 Å². The molecule has 3 heterocycles. The van der Waals surface area contributed by atoms with Crippen LogP contribution >= 0.6 is 0 Å². The molecule has 1 atom stereocenters. The Bertz CT molecular complexity index is 719. The molecule has 1 N–H and O–H groups in total. The summed E-state index contributed by atoms with van der Waals surface area (Å²) in [5, 5.41) is 3.35. The van der Waals surface area contributed by atoms with Crippen LogP contribution in [-0.4, -0.2) is 44.5 Å². The summed E-state index contributed by atoms with van der Waals surface area (Å²) in [6.45, 7) is 3.56. The highest BCUT2D eigenvalue weighted by Crippen LogP contribution is 2.25. The van der Waals surface area contributed by atoms with Crippen LogP contribution in [0.25, 0.3) is 0 Å². The molecular weight excluding hydrogens is 302 g/mol. The molecule has 126 valence electrons. The molecule has 0 radical (unpaired) electrons. The van der Waals surface area contributed by atoms with Crippen molar-refractivity contribution in [1.82, 2.24) is 19.4 Å². The fourth-order valence-corrected chi connectivity index (χ4v) is 3.36. The number of carbonyl (C=O) groups excluding carboxylic acids is 1. The molecule has 1 saturated heterocycles.